The Hall–Kier alpha value is -0.570. The predicted octanol–water partition coefficient (Wildman–Crippen LogP) is 0.886. The summed E-state index contributed by atoms with van der Waals surface area (Å²) in [5.41, 5.74) is 5.77. The first-order valence-electron chi connectivity index (χ1n) is 4.23. The number of rotatable bonds is 5. The van der Waals surface area contributed by atoms with Gasteiger partial charge in [-0.3, -0.25) is 4.79 Å². The van der Waals surface area contributed by atoms with Gasteiger partial charge in [0.05, 0.1) is 0 Å². The highest BCUT2D eigenvalue weighted by Crippen LogP contribution is 2.25. The Labute approximate surface area is 74.7 Å². The summed E-state index contributed by atoms with van der Waals surface area (Å²) in [7, 11) is 0. The zero-order valence-corrected chi connectivity index (χ0v) is 8.48. The summed E-state index contributed by atoms with van der Waals surface area (Å²) in [6.45, 7) is 8.86. The lowest BCUT2D eigenvalue weighted by Gasteiger charge is -2.31. The van der Waals surface area contributed by atoms with Crippen molar-refractivity contribution in [3.63, 3.8) is 0 Å². The van der Waals surface area contributed by atoms with Crippen LogP contribution in [-0.2, 0) is 4.79 Å². The van der Waals surface area contributed by atoms with E-state index in [4.69, 9.17) is 5.73 Å². The molecule has 0 aliphatic rings. The number of hydrogen-bond donors (Lipinski definition) is 2. The Morgan fingerprint density at radius 2 is 1.83 bits per heavy atom. The average Bonchev–Trinajstić information content (AvgIpc) is 1.78. The van der Waals surface area contributed by atoms with E-state index < -0.39 is 0 Å². The van der Waals surface area contributed by atoms with Crippen LogP contribution in [0.3, 0.4) is 0 Å². The summed E-state index contributed by atoms with van der Waals surface area (Å²) in [5.74, 6) is 0. The minimum atomic E-state index is -0.173. The molecule has 0 aromatic heterocycles. The van der Waals surface area contributed by atoms with Crippen LogP contribution < -0.4 is 11.1 Å². The molecule has 0 aromatic carbocycles. The monoisotopic (exact) mass is 172 g/mol. The van der Waals surface area contributed by atoms with Gasteiger partial charge in [-0.1, -0.05) is 13.8 Å². The van der Waals surface area contributed by atoms with Crippen LogP contribution in [0.15, 0.2) is 0 Å². The van der Waals surface area contributed by atoms with Crippen LogP contribution in [0.5, 0.6) is 0 Å². The Balaban J connectivity index is 3.94. The zero-order valence-electron chi connectivity index (χ0n) is 8.48. The van der Waals surface area contributed by atoms with Crippen molar-refractivity contribution in [2.75, 3.05) is 6.54 Å². The lowest BCUT2D eigenvalue weighted by molar-refractivity contribution is -0.110. The first-order chi connectivity index (χ1) is 5.27. The smallest absolute Gasteiger partial charge is 0.207 e. The second-order valence-corrected chi connectivity index (χ2v) is 4.83. The molecule has 0 rings (SSSR count). The van der Waals surface area contributed by atoms with E-state index in [1.165, 1.54) is 0 Å². The second kappa shape index (κ2) is 3.90. The highest BCUT2D eigenvalue weighted by Gasteiger charge is 2.25. The molecule has 0 heterocycles. The lowest BCUT2D eigenvalue weighted by atomic mass is 9.80. The van der Waals surface area contributed by atoms with Gasteiger partial charge in [0, 0.05) is 12.1 Å². The Morgan fingerprint density at radius 1 is 1.33 bits per heavy atom. The zero-order chi connectivity index (χ0) is 9.83. The van der Waals surface area contributed by atoms with Crippen molar-refractivity contribution in [1.82, 2.24) is 5.32 Å². The lowest BCUT2D eigenvalue weighted by Crippen LogP contribution is -2.41. The Bertz CT molecular complexity index is 147. The van der Waals surface area contributed by atoms with Crippen LogP contribution >= 0.6 is 0 Å². The van der Waals surface area contributed by atoms with Gasteiger partial charge in [0.25, 0.3) is 0 Å². The molecule has 12 heavy (non-hydrogen) atoms. The van der Waals surface area contributed by atoms with Gasteiger partial charge in [0.15, 0.2) is 0 Å². The van der Waals surface area contributed by atoms with Crippen LogP contribution in [0.1, 0.15) is 34.1 Å². The standard InChI is InChI=1S/C9H20N2O/c1-8(2,6-11-7-12)5-9(3,4)10/h7H,5-6,10H2,1-4H3,(H,11,12). The van der Waals surface area contributed by atoms with Crippen molar-refractivity contribution in [3.05, 3.63) is 0 Å². The topological polar surface area (TPSA) is 55.1 Å². The van der Waals surface area contributed by atoms with Gasteiger partial charge < -0.3 is 11.1 Å². The van der Waals surface area contributed by atoms with Gasteiger partial charge in [-0.05, 0) is 25.7 Å². The van der Waals surface area contributed by atoms with E-state index in [2.05, 4.69) is 19.2 Å². The third-order valence-corrected chi connectivity index (χ3v) is 1.60. The fraction of sp³-hybridized carbons (Fsp3) is 0.889. The van der Waals surface area contributed by atoms with E-state index in [9.17, 15) is 4.79 Å². The molecule has 0 aliphatic heterocycles. The van der Waals surface area contributed by atoms with Crippen molar-refractivity contribution in [1.29, 1.82) is 0 Å². The molecule has 0 aliphatic carbocycles. The molecular formula is C9H20N2O. The maximum Gasteiger partial charge on any atom is 0.207 e. The van der Waals surface area contributed by atoms with Crippen LogP contribution in [-0.4, -0.2) is 18.5 Å². The minimum Gasteiger partial charge on any atom is -0.358 e. The van der Waals surface area contributed by atoms with E-state index in [0.717, 1.165) is 12.8 Å². The third-order valence-electron chi connectivity index (χ3n) is 1.60. The van der Waals surface area contributed by atoms with Crippen molar-refractivity contribution in [2.24, 2.45) is 11.1 Å². The summed E-state index contributed by atoms with van der Waals surface area (Å²) < 4.78 is 0. The summed E-state index contributed by atoms with van der Waals surface area (Å²) >= 11 is 0. The van der Waals surface area contributed by atoms with Gasteiger partial charge in [-0.2, -0.15) is 0 Å². The molecule has 72 valence electrons. The maximum absolute atomic E-state index is 10.1. The number of nitrogens with one attached hydrogen (secondary N) is 1. The second-order valence-electron chi connectivity index (χ2n) is 4.83. The summed E-state index contributed by atoms with van der Waals surface area (Å²) in [6, 6.07) is 0. The van der Waals surface area contributed by atoms with Gasteiger partial charge in [-0.15, -0.1) is 0 Å². The molecule has 0 spiro atoms. The normalized spacial score (nSPS) is 12.8. The Morgan fingerprint density at radius 3 is 2.17 bits per heavy atom. The number of hydrogen-bond acceptors (Lipinski definition) is 2. The molecular weight excluding hydrogens is 152 g/mol. The molecule has 0 saturated heterocycles. The summed E-state index contributed by atoms with van der Waals surface area (Å²) in [4.78, 5) is 10.1. The molecule has 0 radical (unpaired) electrons. The number of carbonyl (C=O) groups excluding carboxylic acids is 1. The molecule has 0 aromatic rings. The molecule has 0 atom stereocenters. The van der Waals surface area contributed by atoms with Crippen LogP contribution in [0.4, 0.5) is 0 Å². The first kappa shape index (κ1) is 11.4. The highest BCUT2D eigenvalue weighted by molar-refractivity contribution is 5.45. The first-order valence-corrected chi connectivity index (χ1v) is 4.23. The third kappa shape index (κ3) is 6.16. The minimum absolute atomic E-state index is 0.0686. The predicted molar refractivity (Wildman–Crippen MR) is 50.7 cm³/mol. The van der Waals surface area contributed by atoms with Crippen molar-refractivity contribution in [3.8, 4) is 0 Å². The Kier molecular flexibility index (Phi) is 3.71. The van der Waals surface area contributed by atoms with E-state index in [-0.39, 0.29) is 11.0 Å². The molecule has 3 heteroatoms. The highest BCUT2D eigenvalue weighted by atomic mass is 16.1. The SMILES string of the molecule is CC(C)(N)CC(C)(C)CNC=O. The average molecular weight is 172 g/mol. The molecule has 0 fully saturated rings. The molecule has 0 unspecified atom stereocenters. The van der Waals surface area contributed by atoms with Gasteiger partial charge in [0.2, 0.25) is 6.41 Å². The summed E-state index contributed by atoms with van der Waals surface area (Å²) in [6.07, 6.45) is 1.62. The van der Waals surface area contributed by atoms with Crippen molar-refractivity contribution >= 4 is 6.41 Å². The van der Waals surface area contributed by atoms with Gasteiger partial charge >= 0.3 is 0 Å². The van der Waals surface area contributed by atoms with Crippen LogP contribution in [0.2, 0.25) is 0 Å². The van der Waals surface area contributed by atoms with Gasteiger partial charge in [0.1, 0.15) is 0 Å². The molecule has 0 bridgehead atoms. The van der Waals surface area contributed by atoms with E-state index in [1.807, 2.05) is 13.8 Å². The molecule has 1 amide bonds. The van der Waals surface area contributed by atoms with E-state index in [0.29, 0.717) is 6.54 Å². The number of nitrogens with two attached hydrogens (primary N) is 1. The van der Waals surface area contributed by atoms with Crippen LogP contribution in [0.25, 0.3) is 0 Å². The van der Waals surface area contributed by atoms with E-state index in [1.54, 1.807) is 0 Å². The quantitative estimate of drug-likeness (QED) is 0.605. The number of carbonyl (C=O) groups is 1. The van der Waals surface area contributed by atoms with Crippen molar-refractivity contribution < 1.29 is 4.79 Å². The van der Waals surface area contributed by atoms with E-state index >= 15 is 0 Å². The number of amides is 1. The molecule has 0 saturated carbocycles. The van der Waals surface area contributed by atoms with Gasteiger partial charge in [-0.25, -0.2) is 0 Å². The maximum atomic E-state index is 10.1. The molecule has 3 nitrogen and oxygen atoms in total. The largest absolute Gasteiger partial charge is 0.358 e. The van der Waals surface area contributed by atoms with Crippen molar-refractivity contribution in [2.45, 2.75) is 39.7 Å². The molecule has 3 N–H and O–H groups in total. The fourth-order valence-electron chi connectivity index (χ4n) is 1.61. The fourth-order valence-corrected chi connectivity index (χ4v) is 1.61. The van der Waals surface area contributed by atoms with Crippen LogP contribution in [0, 0.1) is 5.41 Å². The summed E-state index contributed by atoms with van der Waals surface area (Å²) in [5, 5.41) is 2.68.